The number of carbonyl (C=O) groups is 1. The van der Waals surface area contributed by atoms with Gasteiger partial charge in [0.1, 0.15) is 0 Å². The van der Waals surface area contributed by atoms with Gasteiger partial charge in [-0.05, 0) is 62.9 Å². The van der Waals surface area contributed by atoms with Crippen molar-refractivity contribution in [3.05, 3.63) is 0 Å². The topological polar surface area (TPSA) is 32.3 Å². The molecular weight excluding hydrogens is 236 g/mol. The van der Waals surface area contributed by atoms with Crippen LogP contribution in [0.3, 0.4) is 0 Å². The lowest BCUT2D eigenvalue weighted by Gasteiger charge is -2.25. The maximum atomic E-state index is 12.3. The largest absolute Gasteiger partial charge is 0.343 e. The van der Waals surface area contributed by atoms with E-state index in [-0.39, 0.29) is 0 Å². The Kier molecular flexibility index (Phi) is 5.26. The smallest absolute Gasteiger partial charge is 0.222 e. The summed E-state index contributed by atoms with van der Waals surface area (Å²) in [6.45, 7) is 8.87. The standard InChI is InChI=1S/C16H30N2O/c1-16(2)8-4-11-18(12-9-16)15(19)7-6-14-5-3-10-17-13-14/h14,17H,3-13H2,1-2H3. The molecule has 0 aromatic carbocycles. The third-order valence-electron chi connectivity index (χ3n) is 4.86. The minimum atomic E-state index is 0.392. The van der Waals surface area contributed by atoms with Crippen molar-refractivity contribution in [3.8, 4) is 0 Å². The van der Waals surface area contributed by atoms with Gasteiger partial charge >= 0.3 is 0 Å². The number of nitrogens with zero attached hydrogens (tertiary/aromatic N) is 1. The zero-order valence-electron chi connectivity index (χ0n) is 12.7. The molecule has 0 radical (unpaired) electrons. The predicted octanol–water partition coefficient (Wildman–Crippen LogP) is 2.80. The highest BCUT2D eigenvalue weighted by atomic mass is 16.2. The maximum absolute atomic E-state index is 12.3. The van der Waals surface area contributed by atoms with Gasteiger partial charge in [-0.3, -0.25) is 4.79 Å². The molecule has 110 valence electrons. The summed E-state index contributed by atoms with van der Waals surface area (Å²) in [6, 6.07) is 0. The second-order valence-corrected chi connectivity index (χ2v) is 7.15. The molecule has 3 heteroatoms. The van der Waals surface area contributed by atoms with Crippen molar-refractivity contribution in [2.75, 3.05) is 26.2 Å². The lowest BCUT2D eigenvalue weighted by Crippen LogP contribution is -2.34. The van der Waals surface area contributed by atoms with Gasteiger partial charge in [0, 0.05) is 19.5 Å². The van der Waals surface area contributed by atoms with E-state index < -0.39 is 0 Å². The monoisotopic (exact) mass is 266 g/mol. The van der Waals surface area contributed by atoms with E-state index in [1.807, 2.05) is 0 Å². The Morgan fingerprint density at radius 1 is 1.26 bits per heavy atom. The molecule has 2 heterocycles. The molecule has 0 aromatic heterocycles. The van der Waals surface area contributed by atoms with Crippen molar-refractivity contribution >= 4 is 5.91 Å². The summed E-state index contributed by atoms with van der Waals surface area (Å²) in [5.41, 5.74) is 0.419. The number of rotatable bonds is 3. The number of likely N-dealkylation sites (tertiary alicyclic amines) is 1. The minimum Gasteiger partial charge on any atom is -0.343 e. The van der Waals surface area contributed by atoms with Gasteiger partial charge in [-0.1, -0.05) is 13.8 Å². The van der Waals surface area contributed by atoms with Gasteiger partial charge in [0.05, 0.1) is 0 Å². The van der Waals surface area contributed by atoms with Gasteiger partial charge in [-0.25, -0.2) is 0 Å². The van der Waals surface area contributed by atoms with Gasteiger partial charge in [0.15, 0.2) is 0 Å². The number of nitrogens with one attached hydrogen (secondary N) is 1. The number of carbonyl (C=O) groups excluding carboxylic acids is 1. The molecule has 3 nitrogen and oxygen atoms in total. The zero-order valence-corrected chi connectivity index (χ0v) is 12.7. The van der Waals surface area contributed by atoms with Crippen molar-refractivity contribution in [2.45, 2.75) is 58.8 Å². The van der Waals surface area contributed by atoms with Crippen molar-refractivity contribution in [1.82, 2.24) is 10.2 Å². The fourth-order valence-corrected chi connectivity index (χ4v) is 3.33. The van der Waals surface area contributed by atoms with Gasteiger partial charge in [0.2, 0.25) is 5.91 Å². The fourth-order valence-electron chi connectivity index (χ4n) is 3.33. The molecule has 0 saturated carbocycles. The molecule has 2 rings (SSSR count). The number of hydrogen-bond acceptors (Lipinski definition) is 2. The van der Waals surface area contributed by atoms with Crippen molar-refractivity contribution in [2.24, 2.45) is 11.3 Å². The van der Waals surface area contributed by atoms with Gasteiger partial charge in [-0.15, -0.1) is 0 Å². The van der Waals surface area contributed by atoms with Crippen LogP contribution in [0.4, 0.5) is 0 Å². The Labute approximate surface area is 118 Å². The third-order valence-corrected chi connectivity index (χ3v) is 4.86. The summed E-state index contributed by atoms with van der Waals surface area (Å²) >= 11 is 0. The van der Waals surface area contributed by atoms with Gasteiger partial charge in [-0.2, -0.15) is 0 Å². The van der Waals surface area contributed by atoms with Crippen molar-refractivity contribution in [3.63, 3.8) is 0 Å². The molecule has 0 aliphatic carbocycles. The number of amides is 1. The number of hydrogen-bond donors (Lipinski definition) is 1. The Hall–Kier alpha value is -0.570. The molecule has 0 bridgehead atoms. The van der Waals surface area contributed by atoms with Crippen LogP contribution in [0.25, 0.3) is 0 Å². The number of piperidine rings is 1. The molecule has 0 spiro atoms. The molecule has 1 atom stereocenters. The van der Waals surface area contributed by atoms with Crippen LogP contribution in [-0.2, 0) is 4.79 Å². The van der Waals surface area contributed by atoms with Crippen LogP contribution in [0.5, 0.6) is 0 Å². The normalized spacial score (nSPS) is 27.9. The molecule has 19 heavy (non-hydrogen) atoms. The van der Waals surface area contributed by atoms with E-state index in [1.165, 1.54) is 25.7 Å². The van der Waals surface area contributed by atoms with E-state index in [4.69, 9.17) is 0 Å². The second-order valence-electron chi connectivity index (χ2n) is 7.15. The van der Waals surface area contributed by atoms with Crippen LogP contribution >= 0.6 is 0 Å². The van der Waals surface area contributed by atoms with Crippen LogP contribution in [0.1, 0.15) is 58.8 Å². The van der Waals surface area contributed by atoms with Crippen LogP contribution in [0, 0.1) is 11.3 Å². The molecule has 1 N–H and O–H groups in total. The van der Waals surface area contributed by atoms with Crippen LogP contribution in [0.15, 0.2) is 0 Å². The molecule has 2 fully saturated rings. The van der Waals surface area contributed by atoms with E-state index >= 15 is 0 Å². The molecule has 1 amide bonds. The first-order valence-electron chi connectivity index (χ1n) is 8.05. The average molecular weight is 266 g/mol. The summed E-state index contributed by atoms with van der Waals surface area (Å²) in [7, 11) is 0. The summed E-state index contributed by atoms with van der Waals surface area (Å²) in [4.78, 5) is 14.4. The van der Waals surface area contributed by atoms with Gasteiger partial charge in [0.25, 0.3) is 0 Å². The highest BCUT2D eigenvalue weighted by Gasteiger charge is 2.25. The van der Waals surface area contributed by atoms with Crippen molar-refractivity contribution in [1.29, 1.82) is 0 Å². The lowest BCUT2D eigenvalue weighted by molar-refractivity contribution is -0.131. The van der Waals surface area contributed by atoms with Crippen LogP contribution in [0.2, 0.25) is 0 Å². The summed E-state index contributed by atoms with van der Waals surface area (Å²) in [5.74, 6) is 1.12. The van der Waals surface area contributed by atoms with E-state index in [2.05, 4.69) is 24.1 Å². The van der Waals surface area contributed by atoms with Crippen molar-refractivity contribution < 1.29 is 4.79 Å². The van der Waals surface area contributed by atoms with Gasteiger partial charge < -0.3 is 10.2 Å². The zero-order chi connectivity index (χ0) is 13.7. The molecular formula is C16H30N2O. The fraction of sp³-hybridized carbons (Fsp3) is 0.938. The van der Waals surface area contributed by atoms with E-state index in [1.54, 1.807) is 0 Å². The highest BCUT2D eigenvalue weighted by Crippen LogP contribution is 2.30. The predicted molar refractivity (Wildman–Crippen MR) is 79.0 cm³/mol. The summed E-state index contributed by atoms with van der Waals surface area (Å²) < 4.78 is 0. The van der Waals surface area contributed by atoms with E-state index in [0.717, 1.165) is 51.4 Å². The van der Waals surface area contributed by atoms with E-state index in [9.17, 15) is 4.79 Å². The molecule has 2 saturated heterocycles. The first kappa shape index (κ1) is 14.8. The SMILES string of the molecule is CC1(C)CCCN(C(=O)CCC2CCCNC2)CC1. The first-order chi connectivity index (χ1) is 9.07. The molecule has 2 aliphatic rings. The maximum Gasteiger partial charge on any atom is 0.222 e. The van der Waals surface area contributed by atoms with Crippen LogP contribution in [-0.4, -0.2) is 37.0 Å². The summed E-state index contributed by atoms with van der Waals surface area (Å²) in [6.07, 6.45) is 7.99. The molecule has 1 unspecified atom stereocenters. The first-order valence-corrected chi connectivity index (χ1v) is 8.05. The Balaban J connectivity index is 1.73. The third kappa shape index (κ3) is 4.79. The quantitative estimate of drug-likeness (QED) is 0.852. The average Bonchev–Trinajstić information content (AvgIpc) is 2.58. The lowest BCUT2D eigenvalue weighted by atomic mass is 9.85. The highest BCUT2D eigenvalue weighted by molar-refractivity contribution is 5.76. The Morgan fingerprint density at radius 3 is 2.84 bits per heavy atom. The van der Waals surface area contributed by atoms with Crippen LogP contribution < -0.4 is 5.32 Å². The van der Waals surface area contributed by atoms with E-state index in [0.29, 0.717) is 11.3 Å². The summed E-state index contributed by atoms with van der Waals surface area (Å²) in [5, 5.41) is 3.43. The Bertz CT molecular complexity index is 295. The minimum absolute atomic E-state index is 0.392. The molecule has 2 aliphatic heterocycles. The Morgan fingerprint density at radius 2 is 2.11 bits per heavy atom. The molecule has 0 aromatic rings. The second kappa shape index (κ2) is 6.74.